The Balaban J connectivity index is 2.19. The van der Waals surface area contributed by atoms with E-state index in [0.717, 1.165) is 42.5 Å². The second kappa shape index (κ2) is 7.51. The monoisotopic (exact) mass is 422 g/mol. The molecule has 3 rings (SSSR count). The first-order chi connectivity index (χ1) is 13.5. The maximum Gasteiger partial charge on any atom is 0.307 e. The van der Waals surface area contributed by atoms with Crippen LogP contribution in [0, 0.1) is 5.82 Å². The minimum Gasteiger partial charge on any atom is -0.481 e. The van der Waals surface area contributed by atoms with E-state index in [1.165, 1.54) is 19.1 Å². The third-order valence-electron chi connectivity index (χ3n) is 4.63. The van der Waals surface area contributed by atoms with E-state index in [1.54, 1.807) is 0 Å². The molecule has 0 amide bonds. The standard InChI is InChI=1S/C21H17F3O4S/c1-2-29(27,28)17-7-4-15(5-8-17)21(23,24)19-10-13(11-20(25)26)9-14-3-6-16(22)12-18(14)19/h3-10,12H,2,11H2,1H3,(H,25,26). The van der Waals surface area contributed by atoms with Gasteiger partial charge in [0.15, 0.2) is 9.84 Å². The second-order valence-corrected chi connectivity index (χ2v) is 8.86. The van der Waals surface area contributed by atoms with E-state index in [9.17, 15) is 17.6 Å². The van der Waals surface area contributed by atoms with Gasteiger partial charge in [0.2, 0.25) is 0 Å². The molecule has 0 aromatic heterocycles. The van der Waals surface area contributed by atoms with Gasteiger partial charge < -0.3 is 5.11 Å². The first-order valence-corrected chi connectivity index (χ1v) is 10.4. The zero-order chi connectivity index (χ0) is 21.4. The van der Waals surface area contributed by atoms with Gasteiger partial charge in [0.25, 0.3) is 5.92 Å². The third kappa shape index (κ3) is 4.12. The molecule has 0 aliphatic carbocycles. The van der Waals surface area contributed by atoms with Crippen LogP contribution in [0.5, 0.6) is 0 Å². The highest BCUT2D eigenvalue weighted by Crippen LogP contribution is 2.40. The summed E-state index contributed by atoms with van der Waals surface area (Å²) < 4.78 is 68.3. The smallest absolute Gasteiger partial charge is 0.307 e. The fraction of sp³-hybridized carbons (Fsp3) is 0.190. The van der Waals surface area contributed by atoms with Gasteiger partial charge in [-0.25, -0.2) is 12.8 Å². The summed E-state index contributed by atoms with van der Waals surface area (Å²) >= 11 is 0. The van der Waals surface area contributed by atoms with Gasteiger partial charge in [-0.15, -0.1) is 0 Å². The number of hydrogen-bond acceptors (Lipinski definition) is 3. The third-order valence-corrected chi connectivity index (χ3v) is 6.38. The van der Waals surface area contributed by atoms with Crippen LogP contribution in [0.25, 0.3) is 10.8 Å². The summed E-state index contributed by atoms with van der Waals surface area (Å²) in [6.07, 6.45) is -0.468. The summed E-state index contributed by atoms with van der Waals surface area (Å²) in [6.45, 7) is 1.45. The molecule has 152 valence electrons. The predicted molar refractivity (Wildman–Crippen MR) is 102 cm³/mol. The van der Waals surface area contributed by atoms with Crippen LogP contribution in [0.15, 0.2) is 59.5 Å². The molecule has 3 aromatic carbocycles. The van der Waals surface area contributed by atoms with Crippen molar-refractivity contribution in [1.82, 2.24) is 0 Å². The van der Waals surface area contributed by atoms with Gasteiger partial charge in [0.1, 0.15) is 5.82 Å². The number of carboxylic acids is 1. The number of carbonyl (C=O) groups is 1. The van der Waals surface area contributed by atoms with E-state index in [4.69, 9.17) is 5.11 Å². The summed E-state index contributed by atoms with van der Waals surface area (Å²) in [5, 5.41) is 9.26. The molecule has 8 heteroatoms. The Morgan fingerprint density at radius 3 is 2.28 bits per heavy atom. The van der Waals surface area contributed by atoms with Crippen LogP contribution >= 0.6 is 0 Å². The average Bonchev–Trinajstić information content (AvgIpc) is 2.67. The van der Waals surface area contributed by atoms with Crippen molar-refractivity contribution in [1.29, 1.82) is 0 Å². The van der Waals surface area contributed by atoms with Crippen LogP contribution in [0.1, 0.15) is 23.6 Å². The summed E-state index contributed by atoms with van der Waals surface area (Å²) in [7, 11) is -3.55. The van der Waals surface area contributed by atoms with Gasteiger partial charge in [-0.1, -0.05) is 31.2 Å². The van der Waals surface area contributed by atoms with Gasteiger partial charge >= 0.3 is 5.97 Å². The lowest BCUT2D eigenvalue weighted by Crippen LogP contribution is -2.17. The number of halogens is 3. The van der Waals surface area contributed by atoms with Gasteiger partial charge in [-0.3, -0.25) is 4.79 Å². The molecule has 0 heterocycles. The Bertz CT molecular complexity index is 1190. The fourth-order valence-corrected chi connectivity index (χ4v) is 4.01. The number of rotatable bonds is 6. The summed E-state index contributed by atoms with van der Waals surface area (Å²) in [6, 6.07) is 10.1. The molecule has 0 fully saturated rings. The first-order valence-electron chi connectivity index (χ1n) is 8.70. The Kier molecular flexibility index (Phi) is 5.40. The Hall–Kier alpha value is -2.87. The SMILES string of the molecule is CCS(=O)(=O)c1ccc(C(F)(F)c2cc(CC(=O)O)cc3ccc(F)cc23)cc1. The van der Waals surface area contributed by atoms with Crippen molar-refractivity contribution in [3.63, 3.8) is 0 Å². The molecule has 1 N–H and O–H groups in total. The first kappa shape index (κ1) is 20.9. The van der Waals surface area contributed by atoms with Crippen molar-refractivity contribution in [2.24, 2.45) is 0 Å². The zero-order valence-corrected chi connectivity index (χ0v) is 16.1. The summed E-state index contributed by atoms with van der Waals surface area (Å²) in [4.78, 5) is 11.0. The van der Waals surface area contributed by atoms with E-state index in [1.807, 2.05) is 0 Å². The number of carboxylic acid groups (broad SMARTS) is 1. The Labute approximate surface area is 165 Å². The Morgan fingerprint density at radius 2 is 1.69 bits per heavy atom. The molecule has 0 radical (unpaired) electrons. The van der Waals surface area contributed by atoms with Crippen molar-refractivity contribution >= 4 is 26.6 Å². The van der Waals surface area contributed by atoms with Crippen molar-refractivity contribution in [3.8, 4) is 0 Å². The molecule has 0 unspecified atom stereocenters. The largest absolute Gasteiger partial charge is 0.481 e. The lowest BCUT2D eigenvalue weighted by atomic mass is 9.92. The maximum atomic E-state index is 15.4. The van der Waals surface area contributed by atoms with Crippen LogP contribution < -0.4 is 0 Å². The molecular weight excluding hydrogens is 405 g/mol. The highest BCUT2D eigenvalue weighted by atomic mass is 32.2. The molecule has 3 aromatic rings. The van der Waals surface area contributed by atoms with Gasteiger partial charge in [-0.05, 0) is 46.7 Å². The normalized spacial score (nSPS) is 12.3. The van der Waals surface area contributed by atoms with E-state index < -0.39 is 45.1 Å². The Morgan fingerprint density at radius 1 is 1.03 bits per heavy atom. The van der Waals surface area contributed by atoms with Gasteiger partial charge in [0.05, 0.1) is 17.1 Å². The topological polar surface area (TPSA) is 71.4 Å². The van der Waals surface area contributed by atoms with Crippen molar-refractivity contribution in [2.45, 2.75) is 24.2 Å². The predicted octanol–water partition coefficient (Wildman–Crippen LogP) is 4.54. The molecule has 0 aliphatic rings. The van der Waals surface area contributed by atoms with Crippen molar-refractivity contribution < 1.29 is 31.5 Å². The maximum absolute atomic E-state index is 15.4. The molecule has 0 saturated carbocycles. The number of hydrogen-bond donors (Lipinski definition) is 1. The zero-order valence-electron chi connectivity index (χ0n) is 15.3. The van der Waals surface area contributed by atoms with Crippen molar-refractivity contribution in [3.05, 3.63) is 77.1 Å². The molecule has 0 atom stereocenters. The fourth-order valence-electron chi connectivity index (χ4n) is 3.12. The molecule has 0 saturated heterocycles. The lowest BCUT2D eigenvalue weighted by molar-refractivity contribution is -0.136. The molecule has 29 heavy (non-hydrogen) atoms. The van der Waals surface area contributed by atoms with Crippen molar-refractivity contribution in [2.75, 3.05) is 5.75 Å². The number of sulfone groups is 1. The molecular formula is C21H17F3O4S. The quantitative estimate of drug-likeness (QED) is 0.633. The second-order valence-electron chi connectivity index (χ2n) is 6.58. The molecule has 0 aliphatic heterocycles. The number of fused-ring (bicyclic) bond motifs is 1. The molecule has 0 spiro atoms. The van der Waals surface area contributed by atoms with E-state index in [-0.39, 0.29) is 27.0 Å². The minimum atomic E-state index is -3.60. The van der Waals surface area contributed by atoms with E-state index in [2.05, 4.69) is 0 Å². The van der Waals surface area contributed by atoms with Crippen LogP contribution in [0.4, 0.5) is 13.2 Å². The van der Waals surface area contributed by atoms with Gasteiger partial charge in [-0.2, -0.15) is 8.78 Å². The van der Waals surface area contributed by atoms with E-state index in [0.29, 0.717) is 0 Å². The van der Waals surface area contributed by atoms with Crippen LogP contribution in [0.2, 0.25) is 0 Å². The highest BCUT2D eigenvalue weighted by Gasteiger charge is 2.36. The number of benzene rings is 3. The van der Waals surface area contributed by atoms with E-state index >= 15 is 8.78 Å². The van der Waals surface area contributed by atoms with Gasteiger partial charge in [0, 0.05) is 11.1 Å². The summed E-state index contributed by atoms with van der Waals surface area (Å²) in [5.41, 5.74) is -0.876. The molecule has 0 bridgehead atoms. The van der Waals surface area contributed by atoms with Crippen LogP contribution in [0.3, 0.4) is 0 Å². The lowest BCUT2D eigenvalue weighted by Gasteiger charge is -2.21. The highest BCUT2D eigenvalue weighted by molar-refractivity contribution is 7.91. The van der Waals surface area contributed by atoms with Crippen LogP contribution in [-0.4, -0.2) is 25.2 Å². The number of alkyl halides is 2. The van der Waals surface area contributed by atoms with Crippen LogP contribution in [-0.2, 0) is 27.0 Å². The molecule has 4 nitrogen and oxygen atoms in total. The average molecular weight is 422 g/mol. The minimum absolute atomic E-state index is 0.0469. The summed E-state index contributed by atoms with van der Waals surface area (Å²) in [5.74, 6) is -5.65. The number of aliphatic carboxylic acids is 1.